The molecule has 0 bridgehead atoms. The molecule has 18 heavy (non-hydrogen) atoms. The predicted octanol–water partition coefficient (Wildman–Crippen LogP) is 0.606. The number of carboxylic acids is 1. The number of nitrogens with zero attached hydrogens (tertiary/aromatic N) is 2. The number of urea groups is 1. The maximum Gasteiger partial charge on any atom is 0.320 e. The van der Waals surface area contributed by atoms with Crippen molar-refractivity contribution < 1.29 is 19.8 Å². The van der Waals surface area contributed by atoms with Crippen LogP contribution in [0.3, 0.4) is 0 Å². The van der Waals surface area contributed by atoms with Gasteiger partial charge in [0.15, 0.2) is 0 Å². The van der Waals surface area contributed by atoms with Crippen LogP contribution in [0.1, 0.15) is 26.2 Å². The molecule has 2 atom stereocenters. The minimum atomic E-state index is -0.848. The Morgan fingerprint density at radius 2 is 2.11 bits per heavy atom. The third kappa shape index (κ3) is 3.60. The van der Waals surface area contributed by atoms with Crippen LogP contribution in [0.15, 0.2) is 0 Å². The van der Waals surface area contributed by atoms with Gasteiger partial charge in [-0.3, -0.25) is 4.79 Å². The molecule has 2 amide bonds. The number of carbonyl (C=O) groups excluding carboxylic acids is 1. The molecule has 1 aliphatic rings. The molecule has 104 valence electrons. The summed E-state index contributed by atoms with van der Waals surface area (Å²) in [6.07, 6.45) is 1.42. The Hall–Kier alpha value is -1.30. The smallest absolute Gasteiger partial charge is 0.320 e. The van der Waals surface area contributed by atoms with Crippen molar-refractivity contribution in [2.75, 3.05) is 26.7 Å². The quantitative estimate of drug-likeness (QED) is 0.757. The van der Waals surface area contributed by atoms with E-state index < -0.39 is 5.97 Å². The van der Waals surface area contributed by atoms with Gasteiger partial charge < -0.3 is 20.0 Å². The lowest BCUT2D eigenvalue weighted by Crippen LogP contribution is -2.46. The number of aliphatic hydroxyl groups excluding tert-OH is 1. The normalized spacial score (nSPS) is 23.2. The van der Waals surface area contributed by atoms with Crippen LogP contribution in [0, 0.1) is 5.92 Å². The summed E-state index contributed by atoms with van der Waals surface area (Å²) in [7, 11) is 1.67. The van der Waals surface area contributed by atoms with E-state index in [1.807, 2.05) is 6.92 Å². The Labute approximate surface area is 107 Å². The highest BCUT2D eigenvalue weighted by molar-refractivity contribution is 5.75. The molecule has 0 radical (unpaired) electrons. The second-order valence-electron chi connectivity index (χ2n) is 4.91. The molecule has 1 aliphatic heterocycles. The van der Waals surface area contributed by atoms with Crippen molar-refractivity contribution in [1.82, 2.24) is 9.80 Å². The number of amides is 2. The minimum absolute atomic E-state index is 0.0180. The first-order valence-corrected chi connectivity index (χ1v) is 6.31. The highest BCUT2D eigenvalue weighted by Crippen LogP contribution is 2.24. The van der Waals surface area contributed by atoms with Crippen LogP contribution in [-0.4, -0.2) is 64.8 Å². The SMILES string of the molecule is CC1CCN(C(=O)N(C)CCCC(=O)O)C1CO. The van der Waals surface area contributed by atoms with Gasteiger partial charge >= 0.3 is 12.0 Å². The molecule has 0 saturated carbocycles. The molecule has 1 rings (SSSR count). The zero-order valence-electron chi connectivity index (χ0n) is 11.0. The van der Waals surface area contributed by atoms with Gasteiger partial charge in [0, 0.05) is 26.6 Å². The number of aliphatic carboxylic acids is 1. The summed E-state index contributed by atoms with van der Waals surface area (Å²) in [6.45, 7) is 3.09. The van der Waals surface area contributed by atoms with E-state index >= 15 is 0 Å². The highest BCUT2D eigenvalue weighted by atomic mass is 16.4. The lowest BCUT2D eigenvalue weighted by Gasteiger charge is -2.29. The molecule has 1 saturated heterocycles. The molecular formula is C12H22N2O4. The highest BCUT2D eigenvalue weighted by Gasteiger charge is 2.34. The van der Waals surface area contributed by atoms with E-state index in [1.54, 1.807) is 11.9 Å². The average Bonchev–Trinajstić information content (AvgIpc) is 2.68. The molecule has 2 unspecified atom stereocenters. The molecule has 6 heteroatoms. The van der Waals surface area contributed by atoms with E-state index in [2.05, 4.69) is 0 Å². The largest absolute Gasteiger partial charge is 0.481 e. The molecule has 0 spiro atoms. The van der Waals surface area contributed by atoms with Gasteiger partial charge in [-0.25, -0.2) is 4.79 Å². The van der Waals surface area contributed by atoms with Crippen molar-refractivity contribution in [3.8, 4) is 0 Å². The number of hydrogen-bond acceptors (Lipinski definition) is 3. The van der Waals surface area contributed by atoms with Crippen molar-refractivity contribution in [3.05, 3.63) is 0 Å². The fourth-order valence-corrected chi connectivity index (χ4v) is 2.31. The number of likely N-dealkylation sites (tertiary alicyclic amines) is 1. The molecule has 1 heterocycles. The Bertz CT molecular complexity index is 308. The maximum atomic E-state index is 12.1. The van der Waals surface area contributed by atoms with Crippen LogP contribution in [0.4, 0.5) is 4.79 Å². The Morgan fingerprint density at radius 1 is 1.44 bits per heavy atom. The Balaban J connectivity index is 2.45. The van der Waals surface area contributed by atoms with Crippen molar-refractivity contribution >= 4 is 12.0 Å². The van der Waals surface area contributed by atoms with Crippen LogP contribution in [0.2, 0.25) is 0 Å². The van der Waals surface area contributed by atoms with Crippen molar-refractivity contribution in [3.63, 3.8) is 0 Å². The molecule has 1 fully saturated rings. The third-order valence-corrected chi connectivity index (χ3v) is 3.53. The standard InChI is InChI=1S/C12H22N2O4/c1-9-5-7-14(10(9)8-15)12(18)13(2)6-3-4-11(16)17/h9-10,15H,3-8H2,1-2H3,(H,16,17). The van der Waals surface area contributed by atoms with Gasteiger partial charge in [-0.2, -0.15) is 0 Å². The second-order valence-corrected chi connectivity index (χ2v) is 4.91. The number of rotatable bonds is 5. The van der Waals surface area contributed by atoms with Gasteiger partial charge in [0.25, 0.3) is 0 Å². The van der Waals surface area contributed by atoms with E-state index in [0.717, 1.165) is 6.42 Å². The predicted molar refractivity (Wildman–Crippen MR) is 66.3 cm³/mol. The summed E-state index contributed by atoms with van der Waals surface area (Å²) in [5.41, 5.74) is 0. The van der Waals surface area contributed by atoms with Crippen LogP contribution >= 0.6 is 0 Å². The molecule has 0 aromatic carbocycles. The molecule has 6 nitrogen and oxygen atoms in total. The summed E-state index contributed by atoms with van der Waals surface area (Å²) in [5, 5.41) is 17.8. The van der Waals surface area contributed by atoms with Crippen molar-refractivity contribution in [1.29, 1.82) is 0 Å². The topological polar surface area (TPSA) is 81.1 Å². The zero-order chi connectivity index (χ0) is 13.7. The first-order chi connectivity index (χ1) is 8.47. The third-order valence-electron chi connectivity index (χ3n) is 3.53. The van der Waals surface area contributed by atoms with E-state index in [4.69, 9.17) is 5.11 Å². The van der Waals surface area contributed by atoms with E-state index in [9.17, 15) is 14.7 Å². The molecule has 2 N–H and O–H groups in total. The molecule has 0 aliphatic carbocycles. The Kier molecular flexibility index (Phi) is 5.40. The number of hydrogen-bond donors (Lipinski definition) is 2. The van der Waals surface area contributed by atoms with Crippen LogP contribution in [-0.2, 0) is 4.79 Å². The van der Waals surface area contributed by atoms with E-state index in [1.165, 1.54) is 4.90 Å². The van der Waals surface area contributed by atoms with Gasteiger partial charge in [0.2, 0.25) is 0 Å². The second kappa shape index (κ2) is 6.58. The first-order valence-electron chi connectivity index (χ1n) is 6.31. The van der Waals surface area contributed by atoms with Crippen LogP contribution in [0.25, 0.3) is 0 Å². The fraction of sp³-hybridized carbons (Fsp3) is 0.833. The summed E-state index contributed by atoms with van der Waals surface area (Å²) >= 11 is 0. The maximum absolute atomic E-state index is 12.1. The number of carbonyl (C=O) groups is 2. The van der Waals surface area contributed by atoms with Crippen molar-refractivity contribution in [2.45, 2.75) is 32.2 Å². The average molecular weight is 258 g/mol. The summed E-state index contributed by atoms with van der Waals surface area (Å²) in [4.78, 5) is 25.7. The van der Waals surface area contributed by atoms with Crippen molar-refractivity contribution in [2.24, 2.45) is 5.92 Å². The summed E-state index contributed by atoms with van der Waals surface area (Å²) < 4.78 is 0. The summed E-state index contributed by atoms with van der Waals surface area (Å²) in [5.74, 6) is -0.537. The van der Waals surface area contributed by atoms with Gasteiger partial charge in [-0.15, -0.1) is 0 Å². The monoisotopic (exact) mass is 258 g/mol. The lowest BCUT2D eigenvalue weighted by molar-refractivity contribution is -0.137. The Morgan fingerprint density at radius 3 is 2.67 bits per heavy atom. The fourth-order valence-electron chi connectivity index (χ4n) is 2.31. The summed E-state index contributed by atoms with van der Waals surface area (Å²) in [6, 6.07) is -0.233. The number of aliphatic hydroxyl groups is 1. The minimum Gasteiger partial charge on any atom is -0.481 e. The van der Waals surface area contributed by atoms with Gasteiger partial charge in [0.05, 0.1) is 12.6 Å². The van der Waals surface area contributed by atoms with Gasteiger partial charge in [0.1, 0.15) is 0 Å². The number of carboxylic acid groups (broad SMARTS) is 1. The van der Waals surface area contributed by atoms with E-state index in [-0.39, 0.29) is 25.1 Å². The molecule has 0 aromatic heterocycles. The zero-order valence-corrected chi connectivity index (χ0v) is 11.0. The van der Waals surface area contributed by atoms with Crippen LogP contribution in [0.5, 0.6) is 0 Å². The molecular weight excluding hydrogens is 236 g/mol. The first kappa shape index (κ1) is 14.8. The van der Waals surface area contributed by atoms with E-state index in [0.29, 0.717) is 25.4 Å². The molecule has 0 aromatic rings. The van der Waals surface area contributed by atoms with Gasteiger partial charge in [-0.05, 0) is 18.8 Å². The lowest BCUT2D eigenvalue weighted by atomic mass is 10.0. The van der Waals surface area contributed by atoms with Gasteiger partial charge in [-0.1, -0.05) is 6.92 Å². The van der Waals surface area contributed by atoms with Crippen LogP contribution < -0.4 is 0 Å².